The third kappa shape index (κ3) is 4.33. The fourth-order valence-corrected chi connectivity index (χ4v) is 7.87. The summed E-state index contributed by atoms with van der Waals surface area (Å²) < 4.78 is 5.46. The zero-order chi connectivity index (χ0) is 23.5. The minimum absolute atomic E-state index is 0.167. The number of carbonyl (C=O) groups excluding carboxylic acids is 1. The molecular formula is C27H48N4O2. The predicted octanol–water partition coefficient (Wildman–Crippen LogP) is 4.16. The summed E-state index contributed by atoms with van der Waals surface area (Å²) in [7, 11) is 0. The average molecular weight is 461 g/mol. The van der Waals surface area contributed by atoms with Crippen LogP contribution in [-0.2, 0) is 4.74 Å². The molecule has 4 aliphatic carbocycles. The first kappa shape index (κ1) is 23.9. The number of likely N-dealkylation sites (tertiary alicyclic amines) is 1. The van der Waals surface area contributed by atoms with Gasteiger partial charge >= 0.3 is 6.09 Å². The van der Waals surface area contributed by atoms with Gasteiger partial charge in [-0.3, -0.25) is 0 Å². The Labute approximate surface area is 200 Å². The standard InChI is InChI=1S/C16H28N2O2.C11H20N2/c1-14(2,3)20-13(19)18-10-8-16(9-11-18)7-6-15(4-5-15)12(16)17;12-9-10(1-2-10)3-4-11(9)5-7-13-8-6-11/h12H,4-11,17H2,1-3H3;9,13H,1-8,12H2. The van der Waals surface area contributed by atoms with Crippen molar-refractivity contribution in [1.82, 2.24) is 10.2 Å². The molecule has 188 valence electrons. The molecule has 2 atom stereocenters. The summed E-state index contributed by atoms with van der Waals surface area (Å²) in [5, 5.41) is 3.45. The van der Waals surface area contributed by atoms with Gasteiger partial charge in [-0.05, 0) is 133 Å². The molecule has 0 radical (unpaired) electrons. The molecular weight excluding hydrogens is 412 g/mol. The van der Waals surface area contributed by atoms with E-state index in [0.717, 1.165) is 25.9 Å². The summed E-state index contributed by atoms with van der Waals surface area (Å²) in [4.78, 5) is 14.0. The van der Waals surface area contributed by atoms with E-state index in [1.807, 2.05) is 25.7 Å². The molecule has 33 heavy (non-hydrogen) atoms. The first-order valence-electron chi connectivity index (χ1n) is 13.7. The van der Waals surface area contributed by atoms with Crippen LogP contribution < -0.4 is 16.8 Å². The van der Waals surface area contributed by atoms with Crippen molar-refractivity contribution in [3.05, 3.63) is 0 Å². The van der Waals surface area contributed by atoms with Gasteiger partial charge in [-0.2, -0.15) is 0 Å². The Balaban J connectivity index is 0.000000151. The molecule has 2 aliphatic heterocycles. The lowest BCUT2D eigenvalue weighted by Crippen LogP contribution is -2.51. The summed E-state index contributed by atoms with van der Waals surface area (Å²) in [6.07, 6.45) is 15.5. The zero-order valence-corrected chi connectivity index (χ0v) is 21.4. The fraction of sp³-hybridized carbons (Fsp3) is 0.963. The fourth-order valence-electron chi connectivity index (χ4n) is 7.87. The van der Waals surface area contributed by atoms with E-state index in [0.29, 0.717) is 33.7 Å². The molecule has 0 aromatic carbocycles. The number of piperidine rings is 2. The normalized spacial score (nSPS) is 34.4. The molecule has 2 heterocycles. The molecule has 6 heteroatoms. The van der Waals surface area contributed by atoms with Crippen LogP contribution in [0, 0.1) is 21.7 Å². The van der Waals surface area contributed by atoms with Crippen LogP contribution in [0.4, 0.5) is 4.79 Å². The maximum atomic E-state index is 12.1. The number of nitrogens with zero attached hydrogens (tertiary/aromatic N) is 1. The number of carbonyl (C=O) groups is 1. The molecule has 2 saturated heterocycles. The highest BCUT2D eigenvalue weighted by atomic mass is 16.6. The second-order valence-electron chi connectivity index (χ2n) is 13.6. The van der Waals surface area contributed by atoms with E-state index >= 15 is 0 Å². The highest BCUT2D eigenvalue weighted by Gasteiger charge is 2.61. The lowest BCUT2D eigenvalue weighted by molar-refractivity contribution is 0.00781. The van der Waals surface area contributed by atoms with Gasteiger partial charge in [-0.25, -0.2) is 4.79 Å². The summed E-state index contributed by atoms with van der Waals surface area (Å²) >= 11 is 0. The maximum absolute atomic E-state index is 12.1. The molecule has 6 nitrogen and oxygen atoms in total. The minimum Gasteiger partial charge on any atom is -0.444 e. The van der Waals surface area contributed by atoms with Gasteiger partial charge in [-0.15, -0.1) is 0 Å². The third-order valence-electron chi connectivity index (χ3n) is 10.7. The van der Waals surface area contributed by atoms with Crippen molar-refractivity contribution >= 4 is 6.09 Å². The van der Waals surface area contributed by atoms with Crippen LogP contribution in [0.25, 0.3) is 0 Å². The molecule has 2 unspecified atom stereocenters. The van der Waals surface area contributed by atoms with Gasteiger partial charge in [0.05, 0.1) is 0 Å². The van der Waals surface area contributed by atoms with Crippen molar-refractivity contribution in [2.24, 2.45) is 33.1 Å². The van der Waals surface area contributed by atoms with Crippen LogP contribution in [0.2, 0.25) is 0 Å². The Hall–Kier alpha value is -0.850. The van der Waals surface area contributed by atoms with Crippen molar-refractivity contribution in [1.29, 1.82) is 0 Å². The zero-order valence-electron chi connectivity index (χ0n) is 21.4. The molecule has 6 fully saturated rings. The van der Waals surface area contributed by atoms with Crippen LogP contribution in [0.5, 0.6) is 0 Å². The molecule has 5 N–H and O–H groups in total. The van der Waals surface area contributed by atoms with E-state index in [1.54, 1.807) is 0 Å². The molecule has 0 aromatic rings. The number of amides is 1. The predicted molar refractivity (Wildman–Crippen MR) is 132 cm³/mol. The Morgan fingerprint density at radius 3 is 1.48 bits per heavy atom. The molecule has 4 saturated carbocycles. The topological polar surface area (TPSA) is 93.6 Å². The molecule has 0 aromatic heterocycles. The molecule has 6 aliphatic rings. The first-order valence-corrected chi connectivity index (χ1v) is 13.7. The van der Waals surface area contributed by atoms with Gasteiger partial charge in [-0.1, -0.05) is 0 Å². The summed E-state index contributed by atoms with van der Waals surface area (Å²) in [6.45, 7) is 9.76. The summed E-state index contributed by atoms with van der Waals surface area (Å²) in [5.74, 6) is 0. The van der Waals surface area contributed by atoms with Gasteiger partial charge < -0.3 is 26.4 Å². The SMILES string of the molecule is CC(C)(C)OC(=O)N1CCC2(CC1)CCC1(CC1)C2N.NC1C2(CCNCC2)CCC12CC2. The number of ether oxygens (including phenoxy) is 1. The van der Waals surface area contributed by atoms with Crippen LogP contribution in [-0.4, -0.2) is 54.9 Å². The van der Waals surface area contributed by atoms with Crippen LogP contribution in [0.1, 0.15) is 97.8 Å². The Morgan fingerprint density at radius 2 is 1.09 bits per heavy atom. The molecule has 0 bridgehead atoms. The van der Waals surface area contributed by atoms with Gasteiger partial charge in [0.15, 0.2) is 0 Å². The lowest BCUT2D eigenvalue weighted by atomic mass is 9.73. The van der Waals surface area contributed by atoms with Crippen molar-refractivity contribution < 1.29 is 9.53 Å². The van der Waals surface area contributed by atoms with Crippen LogP contribution in [0.3, 0.4) is 0 Å². The van der Waals surface area contributed by atoms with Crippen molar-refractivity contribution in [3.63, 3.8) is 0 Å². The minimum atomic E-state index is -0.409. The molecule has 4 spiro atoms. The Morgan fingerprint density at radius 1 is 0.727 bits per heavy atom. The van der Waals surface area contributed by atoms with Gasteiger partial charge in [0.2, 0.25) is 0 Å². The number of rotatable bonds is 0. The van der Waals surface area contributed by atoms with Crippen molar-refractivity contribution in [2.75, 3.05) is 26.2 Å². The summed E-state index contributed by atoms with van der Waals surface area (Å²) in [6, 6.07) is 0.887. The first-order chi connectivity index (χ1) is 15.5. The van der Waals surface area contributed by atoms with Gasteiger partial charge in [0.25, 0.3) is 0 Å². The number of hydrogen-bond acceptors (Lipinski definition) is 5. The van der Waals surface area contributed by atoms with E-state index < -0.39 is 5.60 Å². The van der Waals surface area contributed by atoms with Gasteiger partial charge in [0.1, 0.15) is 5.60 Å². The smallest absolute Gasteiger partial charge is 0.410 e. The van der Waals surface area contributed by atoms with E-state index in [9.17, 15) is 4.79 Å². The van der Waals surface area contributed by atoms with E-state index in [2.05, 4.69) is 5.32 Å². The largest absolute Gasteiger partial charge is 0.444 e. The second-order valence-corrected chi connectivity index (χ2v) is 13.6. The number of nitrogens with two attached hydrogens (primary N) is 2. The van der Waals surface area contributed by atoms with E-state index in [-0.39, 0.29) is 6.09 Å². The summed E-state index contributed by atoms with van der Waals surface area (Å²) in [5.41, 5.74) is 14.6. The number of hydrogen-bond donors (Lipinski definition) is 3. The molecule has 6 rings (SSSR count). The van der Waals surface area contributed by atoms with E-state index in [1.165, 1.54) is 77.3 Å². The monoisotopic (exact) mass is 460 g/mol. The average Bonchev–Trinajstić information content (AvgIpc) is 3.70. The quantitative estimate of drug-likeness (QED) is 0.505. The second kappa shape index (κ2) is 8.09. The third-order valence-corrected chi connectivity index (χ3v) is 10.7. The van der Waals surface area contributed by atoms with Crippen molar-refractivity contribution in [3.8, 4) is 0 Å². The van der Waals surface area contributed by atoms with E-state index in [4.69, 9.17) is 16.2 Å². The molecule has 1 amide bonds. The lowest BCUT2D eigenvalue weighted by Gasteiger charge is -2.43. The highest BCUT2D eigenvalue weighted by Crippen LogP contribution is 2.65. The maximum Gasteiger partial charge on any atom is 0.410 e. The van der Waals surface area contributed by atoms with Crippen LogP contribution >= 0.6 is 0 Å². The van der Waals surface area contributed by atoms with Crippen LogP contribution in [0.15, 0.2) is 0 Å². The number of nitrogens with one attached hydrogen (secondary N) is 1. The Bertz CT molecular complexity index is 738. The Kier molecular flexibility index (Phi) is 5.85. The van der Waals surface area contributed by atoms with Gasteiger partial charge in [0, 0.05) is 25.2 Å². The van der Waals surface area contributed by atoms with Crippen molar-refractivity contribution in [2.45, 2.75) is 116 Å². The highest BCUT2D eigenvalue weighted by molar-refractivity contribution is 5.68.